The third kappa shape index (κ3) is 4.20. The summed E-state index contributed by atoms with van der Waals surface area (Å²) in [5.74, 6) is -0.777. The van der Waals surface area contributed by atoms with Crippen molar-refractivity contribution in [1.29, 1.82) is 0 Å². The van der Waals surface area contributed by atoms with E-state index in [2.05, 4.69) is 0 Å². The smallest absolute Gasteiger partial charge is 0.308 e. The maximum atomic E-state index is 12.7. The SMILES string of the molecule is Cl.O=C(O)C1CCN(C(=O)c2ccccc2OC2CCCCC2)C1. The lowest BCUT2D eigenvalue weighted by Crippen LogP contribution is -2.31. The molecule has 1 aliphatic heterocycles. The van der Waals surface area contributed by atoms with E-state index in [-0.39, 0.29) is 31.0 Å². The molecule has 132 valence electrons. The second-order valence-corrected chi connectivity index (χ2v) is 6.45. The zero-order chi connectivity index (χ0) is 16.2. The maximum Gasteiger partial charge on any atom is 0.308 e. The Balaban J connectivity index is 0.00000208. The number of likely N-dealkylation sites (tertiary alicyclic amines) is 1. The summed E-state index contributed by atoms with van der Waals surface area (Å²) in [5.41, 5.74) is 0.545. The molecular formula is C18H24ClNO4. The molecule has 1 N–H and O–H groups in total. The van der Waals surface area contributed by atoms with Crippen molar-refractivity contribution in [3.63, 3.8) is 0 Å². The van der Waals surface area contributed by atoms with Gasteiger partial charge in [0.05, 0.1) is 17.6 Å². The summed E-state index contributed by atoms with van der Waals surface area (Å²) >= 11 is 0. The highest BCUT2D eigenvalue weighted by Gasteiger charge is 2.32. The van der Waals surface area contributed by atoms with Gasteiger partial charge in [-0.15, -0.1) is 12.4 Å². The minimum atomic E-state index is -0.827. The number of aliphatic carboxylic acids is 1. The highest BCUT2D eigenvalue weighted by Crippen LogP contribution is 2.28. The summed E-state index contributed by atoms with van der Waals surface area (Å²) in [6, 6.07) is 7.31. The molecule has 5 nitrogen and oxygen atoms in total. The monoisotopic (exact) mass is 353 g/mol. The Morgan fingerprint density at radius 1 is 1.08 bits per heavy atom. The molecule has 1 heterocycles. The second-order valence-electron chi connectivity index (χ2n) is 6.45. The van der Waals surface area contributed by atoms with Gasteiger partial charge in [0, 0.05) is 13.1 Å². The van der Waals surface area contributed by atoms with E-state index in [1.165, 1.54) is 19.3 Å². The van der Waals surface area contributed by atoms with E-state index in [1.54, 1.807) is 11.0 Å². The van der Waals surface area contributed by atoms with Crippen LogP contribution in [0.15, 0.2) is 24.3 Å². The molecule has 1 unspecified atom stereocenters. The number of carbonyl (C=O) groups excluding carboxylic acids is 1. The third-order valence-corrected chi connectivity index (χ3v) is 4.79. The van der Waals surface area contributed by atoms with Crippen molar-refractivity contribution >= 4 is 24.3 Å². The van der Waals surface area contributed by atoms with E-state index < -0.39 is 11.9 Å². The van der Waals surface area contributed by atoms with Crippen LogP contribution in [0, 0.1) is 5.92 Å². The van der Waals surface area contributed by atoms with Gasteiger partial charge in [-0.25, -0.2) is 0 Å². The molecule has 1 saturated carbocycles. The average Bonchev–Trinajstić information content (AvgIpc) is 3.06. The summed E-state index contributed by atoms with van der Waals surface area (Å²) in [6.07, 6.45) is 6.38. The molecule has 1 atom stereocenters. The Hall–Kier alpha value is -1.75. The van der Waals surface area contributed by atoms with Crippen molar-refractivity contribution in [2.24, 2.45) is 5.92 Å². The molecule has 0 bridgehead atoms. The van der Waals surface area contributed by atoms with Crippen molar-refractivity contribution < 1.29 is 19.4 Å². The van der Waals surface area contributed by atoms with Gasteiger partial charge in [0.1, 0.15) is 5.75 Å². The fourth-order valence-corrected chi connectivity index (χ4v) is 3.43. The number of rotatable bonds is 4. The van der Waals surface area contributed by atoms with E-state index in [4.69, 9.17) is 9.84 Å². The van der Waals surface area contributed by atoms with Gasteiger partial charge in [0.25, 0.3) is 5.91 Å². The molecular weight excluding hydrogens is 330 g/mol. The van der Waals surface area contributed by atoms with Crippen LogP contribution in [0.4, 0.5) is 0 Å². The fraction of sp³-hybridized carbons (Fsp3) is 0.556. The number of hydrogen-bond donors (Lipinski definition) is 1. The Labute approximate surface area is 148 Å². The minimum Gasteiger partial charge on any atom is -0.490 e. The normalized spacial score (nSPS) is 21.2. The molecule has 0 radical (unpaired) electrons. The second kappa shape index (κ2) is 8.38. The van der Waals surface area contributed by atoms with Gasteiger partial charge in [0.15, 0.2) is 0 Å². The van der Waals surface area contributed by atoms with Gasteiger partial charge in [0.2, 0.25) is 0 Å². The molecule has 1 aromatic rings. The highest BCUT2D eigenvalue weighted by molar-refractivity contribution is 5.97. The first kappa shape index (κ1) is 18.6. The van der Waals surface area contributed by atoms with Crippen LogP contribution in [0.2, 0.25) is 0 Å². The molecule has 0 aromatic heterocycles. The quantitative estimate of drug-likeness (QED) is 0.901. The molecule has 2 aliphatic rings. The van der Waals surface area contributed by atoms with Crippen LogP contribution in [-0.2, 0) is 4.79 Å². The molecule has 0 spiro atoms. The minimum absolute atomic E-state index is 0. The number of benzene rings is 1. The van der Waals surface area contributed by atoms with Gasteiger partial charge in [-0.05, 0) is 44.2 Å². The van der Waals surface area contributed by atoms with Gasteiger partial charge < -0.3 is 14.7 Å². The van der Waals surface area contributed by atoms with Crippen LogP contribution in [0.1, 0.15) is 48.9 Å². The standard InChI is InChI=1S/C18H23NO4.ClH/c20-17(19-11-10-13(12-19)18(21)22)15-8-4-5-9-16(15)23-14-6-2-1-3-7-14;/h4-5,8-9,13-14H,1-3,6-7,10-12H2,(H,21,22);1H. The predicted octanol–water partition coefficient (Wildman–Crippen LogP) is 3.37. The van der Waals surface area contributed by atoms with Gasteiger partial charge in [-0.2, -0.15) is 0 Å². The molecule has 1 aliphatic carbocycles. The van der Waals surface area contributed by atoms with Crippen LogP contribution in [0.25, 0.3) is 0 Å². The topological polar surface area (TPSA) is 66.8 Å². The van der Waals surface area contributed by atoms with E-state index in [1.807, 2.05) is 18.2 Å². The number of carboxylic acid groups (broad SMARTS) is 1. The largest absolute Gasteiger partial charge is 0.490 e. The number of nitrogens with zero attached hydrogens (tertiary/aromatic N) is 1. The molecule has 1 saturated heterocycles. The van der Waals surface area contributed by atoms with Crippen molar-refractivity contribution in [2.45, 2.75) is 44.6 Å². The van der Waals surface area contributed by atoms with Crippen LogP contribution in [-0.4, -0.2) is 41.1 Å². The van der Waals surface area contributed by atoms with Crippen molar-refractivity contribution in [2.75, 3.05) is 13.1 Å². The van der Waals surface area contributed by atoms with E-state index in [0.717, 1.165) is 12.8 Å². The lowest BCUT2D eigenvalue weighted by molar-refractivity contribution is -0.141. The van der Waals surface area contributed by atoms with Crippen molar-refractivity contribution in [3.05, 3.63) is 29.8 Å². The highest BCUT2D eigenvalue weighted by atomic mass is 35.5. The maximum absolute atomic E-state index is 12.7. The number of hydrogen-bond acceptors (Lipinski definition) is 3. The summed E-state index contributed by atoms with van der Waals surface area (Å²) in [7, 11) is 0. The lowest BCUT2D eigenvalue weighted by atomic mass is 9.97. The first-order valence-electron chi connectivity index (χ1n) is 8.43. The summed E-state index contributed by atoms with van der Waals surface area (Å²) in [5, 5.41) is 9.09. The molecule has 3 rings (SSSR count). The number of para-hydroxylation sites is 1. The first-order chi connectivity index (χ1) is 11.1. The third-order valence-electron chi connectivity index (χ3n) is 4.79. The Bertz CT molecular complexity index is 586. The van der Waals surface area contributed by atoms with Gasteiger partial charge >= 0.3 is 5.97 Å². The van der Waals surface area contributed by atoms with Crippen LogP contribution in [0.5, 0.6) is 5.75 Å². The Kier molecular flexibility index (Phi) is 6.49. The zero-order valence-corrected chi connectivity index (χ0v) is 14.5. The number of carbonyl (C=O) groups is 2. The molecule has 6 heteroatoms. The average molecular weight is 354 g/mol. The molecule has 2 fully saturated rings. The van der Waals surface area contributed by atoms with E-state index in [0.29, 0.717) is 24.3 Å². The first-order valence-corrected chi connectivity index (χ1v) is 8.43. The Morgan fingerprint density at radius 3 is 2.46 bits per heavy atom. The summed E-state index contributed by atoms with van der Waals surface area (Å²) in [6.45, 7) is 0.777. The number of carboxylic acids is 1. The Morgan fingerprint density at radius 2 is 1.79 bits per heavy atom. The van der Waals surface area contributed by atoms with Crippen molar-refractivity contribution in [3.8, 4) is 5.75 Å². The van der Waals surface area contributed by atoms with Crippen LogP contribution >= 0.6 is 12.4 Å². The van der Waals surface area contributed by atoms with Crippen LogP contribution in [0.3, 0.4) is 0 Å². The molecule has 1 amide bonds. The number of halogens is 1. The van der Waals surface area contributed by atoms with E-state index in [9.17, 15) is 9.59 Å². The fourth-order valence-electron chi connectivity index (χ4n) is 3.43. The van der Waals surface area contributed by atoms with Gasteiger partial charge in [-0.3, -0.25) is 9.59 Å². The summed E-state index contributed by atoms with van der Waals surface area (Å²) in [4.78, 5) is 25.4. The summed E-state index contributed by atoms with van der Waals surface area (Å²) < 4.78 is 6.08. The van der Waals surface area contributed by atoms with E-state index >= 15 is 0 Å². The molecule has 24 heavy (non-hydrogen) atoms. The predicted molar refractivity (Wildman–Crippen MR) is 92.8 cm³/mol. The van der Waals surface area contributed by atoms with Crippen LogP contribution < -0.4 is 4.74 Å². The zero-order valence-electron chi connectivity index (χ0n) is 13.6. The molecule has 1 aromatic carbocycles. The van der Waals surface area contributed by atoms with Crippen molar-refractivity contribution in [1.82, 2.24) is 4.90 Å². The number of ether oxygens (including phenoxy) is 1. The lowest BCUT2D eigenvalue weighted by Gasteiger charge is -2.25. The van der Waals surface area contributed by atoms with Gasteiger partial charge in [-0.1, -0.05) is 18.6 Å². The number of amides is 1.